The predicted molar refractivity (Wildman–Crippen MR) is 122 cm³/mol. The number of amides is 1. The van der Waals surface area contributed by atoms with Crippen LogP contribution < -0.4 is 0 Å². The largest absolute Gasteiger partial charge is 0.465 e. The predicted octanol–water partition coefficient (Wildman–Crippen LogP) is 6.35. The number of nitrogens with zero attached hydrogens (tertiary/aromatic N) is 2. The van der Waals surface area contributed by atoms with E-state index < -0.39 is 17.7 Å². The van der Waals surface area contributed by atoms with E-state index in [-0.39, 0.29) is 0 Å². The summed E-state index contributed by atoms with van der Waals surface area (Å²) in [6, 6.07) is 17.7. The number of hydrogen-bond acceptors (Lipinski definition) is 3. The summed E-state index contributed by atoms with van der Waals surface area (Å²) < 4.78 is 1.20. The minimum Gasteiger partial charge on any atom is -0.465 e. The summed E-state index contributed by atoms with van der Waals surface area (Å²) in [7, 11) is 0. The Bertz CT molecular complexity index is 1160. The van der Waals surface area contributed by atoms with E-state index in [2.05, 4.69) is 27.5 Å². The summed E-state index contributed by atoms with van der Waals surface area (Å²) in [5.74, 6) is 0.654. The Labute approximate surface area is 180 Å². The van der Waals surface area contributed by atoms with E-state index >= 15 is 0 Å². The van der Waals surface area contributed by atoms with Gasteiger partial charge in [-0.1, -0.05) is 48.5 Å². The van der Waals surface area contributed by atoms with Gasteiger partial charge in [0.15, 0.2) is 0 Å². The van der Waals surface area contributed by atoms with Crippen LogP contribution in [0, 0.1) is 0 Å². The highest BCUT2D eigenvalue weighted by Gasteiger charge is 2.36. The molecule has 0 aliphatic heterocycles. The van der Waals surface area contributed by atoms with E-state index in [1.807, 2.05) is 63.2 Å². The van der Waals surface area contributed by atoms with Crippen LogP contribution in [-0.4, -0.2) is 31.6 Å². The van der Waals surface area contributed by atoms with Crippen LogP contribution in [0.3, 0.4) is 0 Å². The Morgan fingerprint density at radius 2 is 1.83 bits per heavy atom. The Balaban J connectivity index is 1.78. The molecule has 0 spiro atoms. The summed E-state index contributed by atoms with van der Waals surface area (Å²) in [6.07, 6.45) is 1.38. The van der Waals surface area contributed by atoms with Crippen LogP contribution in [0.2, 0.25) is 0 Å². The first-order valence-electron chi connectivity index (χ1n) is 9.92. The van der Waals surface area contributed by atoms with Crippen molar-refractivity contribution in [3.63, 3.8) is 0 Å². The van der Waals surface area contributed by atoms with E-state index in [9.17, 15) is 9.90 Å². The summed E-state index contributed by atoms with van der Waals surface area (Å²) in [5, 5.41) is 13.4. The second-order valence-corrected chi connectivity index (χ2v) is 9.26. The average Bonchev–Trinajstić information content (AvgIpc) is 3.34. The first kappa shape index (κ1) is 20.2. The third kappa shape index (κ3) is 3.96. The standard InChI is InChI=1S/C24H25N3O2S/c1-24(2,3)27(23(28)29)20(13-17-15-30-21-12-8-7-11-18(17)21)22-25-14-19(26-22)16-9-5-4-6-10-16/h4-12,14-15,20H,13H2,1-3H3,(H,25,26)(H,28,29)/t20-/m1/s1. The molecule has 5 nitrogen and oxygen atoms in total. The monoisotopic (exact) mass is 419 g/mol. The molecule has 30 heavy (non-hydrogen) atoms. The Morgan fingerprint density at radius 1 is 1.13 bits per heavy atom. The highest BCUT2D eigenvalue weighted by atomic mass is 32.1. The number of carbonyl (C=O) groups is 1. The molecule has 6 heteroatoms. The number of aromatic amines is 1. The molecule has 0 unspecified atom stereocenters. The highest BCUT2D eigenvalue weighted by molar-refractivity contribution is 7.17. The molecule has 0 bridgehead atoms. The fourth-order valence-corrected chi connectivity index (χ4v) is 4.84. The van der Waals surface area contributed by atoms with E-state index in [0.717, 1.165) is 16.8 Å². The van der Waals surface area contributed by atoms with Gasteiger partial charge < -0.3 is 10.1 Å². The second-order valence-electron chi connectivity index (χ2n) is 8.35. The van der Waals surface area contributed by atoms with Crippen molar-refractivity contribution in [1.29, 1.82) is 0 Å². The Morgan fingerprint density at radius 3 is 2.53 bits per heavy atom. The highest BCUT2D eigenvalue weighted by Crippen LogP contribution is 2.35. The summed E-state index contributed by atoms with van der Waals surface area (Å²) in [5.41, 5.74) is 2.45. The quantitative estimate of drug-likeness (QED) is 0.396. The van der Waals surface area contributed by atoms with Crippen molar-refractivity contribution in [3.8, 4) is 11.3 Å². The maximum Gasteiger partial charge on any atom is 0.408 e. The lowest BCUT2D eigenvalue weighted by molar-refractivity contribution is 0.0672. The van der Waals surface area contributed by atoms with Gasteiger partial charge >= 0.3 is 6.09 Å². The third-order valence-electron chi connectivity index (χ3n) is 5.21. The van der Waals surface area contributed by atoms with E-state index in [0.29, 0.717) is 12.2 Å². The Hall–Kier alpha value is -3.12. The molecule has 2 aromatic carbocycles. The number of hydrogen-bond donors (Lipinski definition) is 2. The molecule has 2 N–H and O–H groups in total. The van der Waals surface area contributed by atoms with Gasteiger partial charge in [0.25, 0.3) is 0 Å². The lowest BCUT2D eigenvalue weighted by atomic mass is 9.97. The molecule has 0 radical (unpaired) electrons. The molecule has 154 valence electrons. The van der Waals surface area contributed by atoms with Crippen LogP contribution in [0.5, 0.6) is 0 Å². The van der Waals surface area contributed by atoms with Gasteiger partial charge in [0.2, 0.25) is 0 Å². The smallest absolute Gasteiger partial charge is 0.408 e. The van der Waals surface area contributed by atoms with Gasteiger partial charge in [0.1, 0.15) is 5.82 Å². The molecule has 1 atom stereocenters. The fourth-order valence-electron chi connectivity index (χ4n) is 3.87. The molecule has 2 heterocycles. The molecule has 0 saturated carbocycles. The molecule has 1 amide bonds. The molecule has 4 rings (SSSR count). The molecule has 0 aliphatic rings. The van der Waals surface area contributed by atoms with Gasteiger partial charge in [-0.05, 0) is 48.7 Å². The third-order valence-corrected chi connectivity index (χ3v) is 6.22. The molecular weight excluding hydrogens is 394 g/mol. The van der Waals surface area contributed by atoms with Crippen molar-refractivity contribution < 1.29 is 9.90 Å². The normalized spacial score (nSPS) is 12.8. The van der Waals surface area contributed by atoms with E-state index in [1.54, 1.807) is 17.5 Å². The van der Waals surface area contributed by atoms with Gasteiger partial charge in [-0.25, -0.2) is 9.78 Å². The van der Waals surface area contributed by atoms with Crippen molar-refractivity contribution in [3.05, 3.63) is 77.6 Å². The van der Waals surface area contributed by atoms with Crippen molar-refractivity contribution in [2.24, 2.45) is 0 Å². The maximum atomic E-state index is 12.3. The van der Waals surface area contributed by atoms with Crippen molar-refractivity contribution >= 4 is 27.5 Å². The van der Waals surface area contributed by atoms with Crippen LogP contribution in [0.4, 0.5) is 4.79 Å². The number of imidazole rings is 1. The molecule has 4 aromatic rings. The van der Waals surface area contributed by atoms with Crippen LogP contribution in [0.15, 0.2) is 66.2 Å². The van der Waals surface area contributed by atoms with Gasteiger partial charge in [0, 0.05) is 16.7 Å². The van der Waals surface area contributed by atoms with Gasteiger partial charge in [0.05, 0.1) is 17.9 Å². The number of nitrogens with one attached hydrogen (secondary N) is 1. The Kier molecular flexibility index (Phi) is 5.35. The first-order valence-corrected chi connectivity index (χ1v) is 10.8. The van der Waals surface area contributed by atoms with Crippen molar-refractivity contribution in [1.82, 2.24) is 14.9 Å². The zero-order valence-corrected chi connectivity index (χ0v) is 18.1. The number of benzene rings is 2. The number of H-pyrrole nitrogens is 1. The number of thiophene rings is 1. The molecule has 0 aliphatic carbocycles. The number of fused-ring (bicyclic) bond motifs is 1. The van der Waals surface area contributed by atoms with Crippen LogP contribution in [0.1, 0.15) is 38.2 Å². The van der Waals surface area contributed by atoms with Crippen molar-refractivity contribution in [2.45, 2.75) is 38.8 Å². The first-order chi connectivity index (χ1) is 14.3. The number of aromatic nitrogens is 2. The summed E-state index contributed by atoms with van der Waals surface area (Å²) in [6.45, 7) is 5.75. The van der Waals surface area contributed by atoms with Crippen LogP contribution >= 0.6 is 11.3 Å². The number of carboxylic acid groups (broad SMARTS) is 1. The van der Waals surface area contributed by atoms with Crippen molar-refractivity contribution in [2.75, 3.05) is 0 Å². The molecule has 0 saturated heterocycles. The number of rotatable bonds is 5. The average molecular weight is 420 g/mol. The van der Waals surface area contributed by atoms with E-state index in [4.69, 9.17) is 0 Å². The topological polar surface area (TPSA) is 69.2 Å². The summed E-state index contributed by atoms with van der Waals surface area (Å²) in [4.78, 5) is 21.8. The zero-order valence-electron chi connectivity index (χ0n) is 17.3. The van der Waals surface area contributed by atoms with Crippen LogP contribution in [-0.2, 0) is 6.42 Å². The zero-order chi connectivity index (χ0) is 21.3. The molecule has 2 aromatic heterocycles. The molecule has 0 fully saturated rings. The van der Waals surface area contributed by atoms with Gasteiger partial charge in [-0.2, -0.15) is 0 Å². The fraction of sp³-hybridized carbons (Fsp3) is 0.250. The maximum absolute atomic E-state index is 12.3. The summed E-state index contributed by atoms with van der Waals surface area (Å²) >= 11 is 1.68. The van der Waals surface area contributed by atoms with E-state index in [1.165, 1.54) is 15.0 Å². The minimum atomic E-state index is -0.954. The van der Waals surface area contributed by atoms with Gasteiger partial charge in [-0.15, -0.1) is 11.3 Å². The molecular formula is C24H25N3O2S. The second kappa shape index (κ2) is 7.95. The SMILES string of the molecule is CC(C)(C)N(C(=O)O)[C@H](Cc1csc2ccccc12)c1ncc(-c2ccccc2)[nH]1. The van der Waals surface area contributed by atoms with Crippen LogP contribution in [0.25, 0.3) is 21.3 Å². The lowest BCUT2D eigenvalue weighted by Gasteiger charge is -2.38. The minimum absolute atomic E-state index is 0.432. The lowest BCUT2D eigenvalue weighted by Crippen LogP contribution is -2.48. The van der Waals surface area contributed by atoms with Gasteiger partial charge in [-0.3, -0.25) is 4.90 Å².